The van der Waals surface area contributed by atoms with Gasteiger partial charge in [-0.25, -0.2) is 0 Å². The van der Waals surface area contributed by atoms with Gasteiger partial charge in [0.1, 0.15) is 0 Å². The minimum absolute atomic E-state index is 0.349. The van der Waals surface area contributed by atoms with Crippen molar-refractivity contribution in [3.63, 3.8) is 0 Å². The molecule has 0 heterocycles. The van der Waals surface area contributed by atoms with Crippen LogP contribution in [0.4, 0.5) is 0 Å². The molecule has 2 heteroatoms. The van der Waals surface area contributed by atoms with Crippen LogP contribution in [-0.2, 0) is 6.42 Å². The lowest BCUT2D eigenvalue weighted by Gasteiger charge is -2.14. The maximum Gasteiger partial charge on any atom is 0.0446 e. The third-order valence-corrected chi connectivity index (χ3v) is 5.33. The Morgan fingerprint density at radius 1 is 0.905 bits per heavy atom. The zero-order valence-corrected chi connectivity index (χ0v) is 14.3. The van der Waals surface area contributed by atoms with Crippen LogP contribution >= 0.6 is 27.7 Å². The average molecular weight is 357 g/mol. The number of fused-ring (bicyclic) bond motifs is 1. The van der Waals surface area contributed by atoms with E-state index < -0.39 is 0 Å². The molecule has 0 aliphatic rings. The SMILES string of the molecule is CSc1ccccc1C(Br)Cc1ccc2ccccc2c1. The van der Waals surface area contributed by atoms with Crippen molar-refractivity contribution in [2.24, 2.45) is 0 Å². The van der Waals surface area contributed by atoms with Crippen LogP contribution < -0.4 is 0 Å². The summed E-state index contributed by atoms with van der Waals surface area (Å²) >= 11 is 5.67. The van der Waals surface area contributed by atoms with Gasteiger partial charge in [0.15, 0.2) is 0 Å². The largest absolute Gasteiger partial charge is 0.129 e. The Morgan fingerprint density at radius 3 is 2.43 bits per heavy atom. The van der Waals surface area contributed by atoms with Gasteiger partial charge in [-0.05, 0) is 40.6 Å². The van der Waals surface area contributed by atoms with Gasteiger partial charge in [-0.3, -0.25) is 0 Å². The first-order chi connectivity index (χ1) is 10.3. The number of hydrogen-bond acceptors (Lipinski definition) is 1. The van der Waals surface area contributed by atoms with Crippen LogP contribution in [0.2, 0.25) is 0 Å². The smallest absolute Gasteiger partial charge is 0.0446 e. The molecule has 3 aromatic rings. The van der Waals surface area contributed by atoms with Crippen molar-refractivity contribution in [1.29, 1.82) is 0 Å². The molecule has 1 unspecified atom stereocenters. The van der Waals surface area contributed by atoms with E-state index in [1.54, 1.807) is 11.8 Å². The standard InChI is InChI=1S/C19H17BrS/c1-21-19-9-5-4-8-17(19)18(20)13-14-10-11-15-6-2-3-7-16(15)12-14/h2-12,18H,13H2,1H3. The Balaban J connectivity index is 1.87. The van der Waals surface area contributed by atoms with E-state index in [0.717, 1.165) is 6.42 Å². The molecule has 0 nitrogen and oxygen atoms in total. The number of alkyl halides is 1. The molecule has 0 bridgehead atoms. The predicted octanol–water partition coefficient (Wildman–Crippen LogP) is 6.24. The molecule has 0 radical (unpaired) electrons. The molecular formula is C19H17BrS. The first-order valence-corrected chi connectivity index (χ1v) is 9.16. The van der Waals surface area contributed by atoms with Gasteiger partial charge in [-0.1, -0.05) is 76.6 Å². The van der Waals surface area contributed by atoms with Crippen LogP contribution in [0.3, 0.4) is 0 Å². The Labute approximate surface area is 138 Å². The van der Waals surface area contributed by atoms with Crippen molar-refractivity contribution in [3.05, 3.63) is 77.9 Å². The zero-order chi connectivity index (χ0) is 14.7. The number of benzene rings is 3. The lowest BCUT2D eigenvalue weighted by atomic mass is 10.0. The van der Waals surface area contributed by atoms with Crippen LogP contribution in [0.15, 0.2) is 71.6 Å². The number of halogens is 1. The van der Waals surface area contributed by atoms with Gasteiger partial charge in [-0.15, -0.1) is 11.8 Å². The summed E-state index contributed by atoms with van der Waals surface area (Å²) in [7, 11) is 0. The maximum atomic E-state index is 3.87. The fourth-order valence-corrected chi connectivity index (χ4v) is 4.19. The third-order valence-electron chi connectivity index (χ3n) is 3.71. The van der Waals surface area contributed by atoms with Gasteiger partial charge in [-0.2, -0.15) is 0 Å². The monoisotopic (exact) mass is 356 g/mol. The minimum atomic E-state index is 0.349. The van der Waals surface area contributed by atoms with Gasteiger partial charge >= 0.3 is 0 Å². The van der Waals surface area contributed by atoms with Gasteiger partial charge < -0.3 is 0 Å². The topological polar surface area (TPSA) is 0 Å². The molecular weight excluding hydrogens is 340 g/mol. The maximum absolute atomic E-state index is 3.87. The normalized spacial score (nSPS) is 12.5. The molecule has 3 aromatic carbocycles. The molecule has 0 spiro atoms. The summed E-state index contributed by atoms with van der Waals surface area (Å²) in [6, 6.07) is 23.9. The molecule has 0 saturated carbocycles. The van der Waals surface area contributed by atoms with Crippen LogP contribution in [0.5, 0.6) is 0 Å². The number of rotatable bonds is 4. The minimum Gasteiger partial charge on any atom is -0.129 e. The lowest BCUT2D eigenvalue weighted by molar-refractivity contribution is 0.926. The second-order valence-corrected chi connectivity index (χ2v) is 7.05. The summed E-state index contributed by atoms with van der Waals surface area (Å²) < 4.78 is 0. The van der Waals surface area contributed by atoms with Gasteiger partial charge in [0.25, 0.3) is 0 Å². The Kier molecular flexibility index (Phi) is 4.67. The molecule has 0 N–H and O–H groups in total. The highest BCUT2D eigenvalue weighted by molar-refractivity contribution is 9.09. The van der Waals surface area contributed by atoms with E-state index in [4.69, 9.17) is 0 Å². The molecule has 106 valence electrons. The van der Waals surface area contributed by atoms with Crippen molar-refractivity contribution >= 4 is 38.5 Å². The van der Waals surface area contributed by atoms with E-state index in [1.165, 1.54) is 26.8 Å². The van der Waals surface area contributed by atoms with Crippen molar-refractivity contribution in [1.82, 2.24) is 0 Å². The summed E-state index contributed by atoms with van der Waals surface area (Å²) in [4.78, 5) is 1.70. The molecule has 0 fully saturated rings. The van der Waals surface area contributed by atoms with E-state index in [2.05, 4.69) is 88.9 Å². The summed E-state index contributed by atoms with van der Waals surface area (Å²) in [5.41, 5.74) is 2.74. The second-order valence-electron chi connectivity index (χ2n) is 5.10. The van der Waals surface area contributed by atoms with Crippen molar-refractivity contribution in [3.8, 4) is 0 Å². The van der Waals surface area contributed by atoms with Gasteiger partial charge in [0, 0.05) is 9.72 Å². The second kappa shape index (κ2) is 6.67. The molecule has 21 heavy (non-hydrogen) atoms. The summed E-state index contributed by atoms with van der Waals surface area (Å²) in [6.07, 6.45) is 3.14. The van der Waals surface area contributed by atoms with Crippen LogP contribution in [0.25, 0.3) is 10.8 Å². The summed E-state index contributed by atoms with van der Waals surface area (Å²) in [5, 5.41) is 2.62. The Bertz CT molecular complexity index is 751. The molecule has 3 rings (SSSR count). The first kappa shape index (κ1) is 14.7. The Hall–Kier alpha value is -1.25. The highest BCUT2D eigenvalue weighted by Crippen LogP contribution is 2.34. The van der Waals surface area contributed by atoms with E-state index in [0.29, 0.717) is 4.83 Å². The van der Waals surface area contributed by atoms with E-state index in [1.807, 2.05) is 0 Å². The lowest BCUT2D eigenvalue weighted by Crippen LogP contribution is -1.97. The highest BCUT2D eigenvalue weighted by atomic mass is 79.9. The van der Waals surface area contributed by atoms with Crippen molar-refractivity contribution < 1.29 is 0 Å². The van der Waals surface area contributed by atoms with Crippen LogP contribution in [0, 0.1) is 0 Å². The molecule has 0 saturated heterocycles. The highest BCUT2D eigenvalue weighted by Gasteiger charge is 2.12. The number of thioether (sulfide) groups is 1. The predicted molar refractivity (Wildman–Crippen MR) is 97.5 cm³/mol. The van der Waals surface area contributed by atoms with Gasteiger partial charge in [0.2, 0.25) is 0 Å². The summed E-state index contributed by atoms with van der Waals surface area (Å²) in [5.74, 6) is 0. The molecule has 0 aliphatic heterocycles. The van der Waals surface area contributed by atoms with Crippen molar-refractivity contribution in [2.75, 3.05) is 6.26 Å². The first-order valence-electron chi connectivity index (χ1n) is 7.02. The molecule has 0 aromatic heterocycles. The quantitative estimate of drug-likeness (QED) is 0.393. The molecule has 1 atom stereocenters. The van der Waals surface area contributed by atoms with Gasteiger partial charge in [0.05, 0.1) is 0 Å². The van der Waals surface area contributed by atoms with E-state index >= 15 is 0 Å². The summed E-state index contributed by atoms with van der Waals surface area (Å²) in [6.45, 7) is 0. The zero-order valence-electron chi connectivity index (χ0n) is 11.9. The fraction of sp³-hybridized carbons (Fsp3) is 0.158. The number of hydrogen-bond donors (Lipinski definition) is 0. The molecule has 0 aliphatic carbocycles. The molecule has 0 amide bonds. The average Bonchev–Trinajstić information content (AvgIpc) is 2.54. The van der Waals surface area contributed by atoms with Crippen molar-refractivity contribution in [2.45, 2.75) is 16.1 Å². The Morgan fingerprint density at radius 2 is 1.62 bits per heavy atom. The van der Waals surface area contributed by atoms with Crippen LogP contribution in [-0.4, -0.2) is 6.26 Å². The van der Waals surface area contributed by atoms with Crippen LogP contribution in [0.1, 0.15) is 16.0 Å². The van der Waals surface area contributed by atoms with E-state index in [9.17, 15) is 0 Å². The third kappa shape index (κ3) is 3.33. The fourth-order valence-electron chi connectivity index (χ4n) is 2.61. The van der Waals surface area contributed by atoms with E-state index in [-0.39, 0.29) is 0 Å².